The first kappa shape index (κ1) is 39.2. The van der Waals surface area contributed by atoms with Crippen molar-refractivity contribution in [1.82, 2.24) is 30.5 Å². The highest BCUT2D eigenvalue weighted by molar-refractivity contribution is 5.41. The Morgan fingerprint density at radius 2 is 1.23 bits per heavy atom. The molecule has 48 heavy (non-hydrogen) atoms. The molecule has 2 N–H and O–H groups in total. The lowest BCUT2D eigenvalue weighted by Gasteiger charge is -2.51. The minimum absolute atomic E-state index is 0.0431. The molecule has 1 aromatic rings. The van der Waals surface area contributed by atoms with Gasteiger partial charge in [0.05, 0.1) is 13.2 Å². The molecule has 0 bridgehead atoms. The summed E-state index contributed by atoms with van der Waals surface area (Å²) in [4.78, 5) is 23.2. The largest absolute Gasteiger partial charge is 0.378 e. The Balaban J connectivity index is 1.48. The fraction of sp³-hybridized carbons (Fsp3) is 0.923. The molecule has 9 heteroatoms. The molecular weight excluding hydrogens is 596 g/mol. The van der Waals surface area contributed by atoms with E-state index in [0.29, 0.717) is 24.0 Å². The third-order valence-corrected chi connectivity index (χ3v) is 11.2. The van der Waals surface area contributed by atoms with Crippen LogP contribution in [-0.4, -0.2) is 99.5 Å². The molecule has 1 aromatic heterocycles. The molecule has 276 valence electrons. The van der Waals surface area contributed by atoms with Crippen molar-refractivity contribution in [2.24, 2.45) is 0 Å². The maximum atomic E-state index is 5.67. The highest BCUT2D eigenvalue weighted by atomic mass is 16.5. The number of nitrogens with one attached hydrogen (secondary N) is 2. The average molecular weight is 671 g/mol. The van der Waals surface area contributed by atoms with Crippen molar-refractivity contribution in [1.29, 1.82) is 0 Å². The van der Waals surface area contributed by atoms with E-state index in [1.807, 2.05) is 0 Å². The van der Waals surface area contributed by atoms with Gasteiger partial charge in [-0.3, -0.25) is 4.90 Å². The molecule has 2 atom stereocenters. The summed E-state index contributed by atoms with van der Waals surface area (Å²) in [5.41, 5.74) is 0.429. The molecule has 2 unspecified atom stereocenters. The molecule has 3 aliphatic rings. The van der Waals surface area contributed by atoms with E-state index >= 15 is 0 Å². The van der Waals surface area contributed by atoms with Crippen LogP contribution in [0.4, 0.5) is 11.9 Å². The Hall–Kier alpha value is -1.55. The lowest BCUT2D eigenvalue weighted by atomic mass is 9.78. The van der Waals surface area contributed by atoms with Crippen molar-refractivity contribution in [3.05, 3.63) is 5.82 Å². The third-order valence-electron chi connectivity index (χ3n) is 11.2. The Bertz CT molecular complexity index is 1110. The molecule has 0 spiro atoms. The zero-order valence-corrected chi connectivity index (χ0v) is 33.2. The van der Waals surface area contributed by atoms with Crippen molar-refractivity contribution in [2.45, 2.75) is 193 Å². The fourth-order valence-corrected chi connectivity index (χ4v) is 9.17. The molecule has 3 saturated heterocycles. The third kappa shape index (κ3) is 11.0. The van der Waals surface area contributed by atoms with E-state index in [1.165, 1.54) is 45.1 Å². The molecule has 0 radical (unpaired) electrons. The van der Waals surface area contributed by atoms with Crippen LogP contribution >= 0.6 is 0 Å². The predicted molar refractivity (Wildman–Crippen MR) is 202 cm³/mol. The van der Waals surface area contributed by atoms with E-state index in [1.54, 1.807) is 0 Å². The van der Waals surface area contributed by atoms with Crippen LogP contribution in [0.25, 0.3) is 0 Å². The maximum absolute atomic E-state index is 5.67. The maximum Gasteiger partial charge on any atom is 0.230 e. The zero-order chi connectivity index (χ0) is 35.3. The lowest BCUT2D eigenvalue weighted by Crippen LogP contribution is -2.63. The molecule has 4 rings (SSSR count). The van der Waals surface area contributed by atoms with E-state index < -0.39 is 0 Å². The second-order valence-corrected chi connectivity index (χ2v) is 18.2. The SMILES string of the molecule is CCC(C)c1nc(N2CCOCC2)nc(N(CCCCCCN(C(C)CC)C2CC(C)(C)NC(C)(C)C2)C2CC(C)(C)NC(C)(C)C2)n1. The molecule has 0 amide bonds. The van der Waals surface area contributed by atoms with Crippen LogP contribution in [0.1, 0.15) is 159 Å². The highest BCUT2D eigenvalue weighted by Gasteiger charge is 2.42. The van der Waals surface area contributed by atoms with Gasteiger partial charge in [-0.1, -0.05) is 33.6 Å². The van der Waals surface area contributed by atoms with Crippen molar-refractivity contribution < 1.29 is 4.74 Å². The smallest absolute Gasteiger partial charge is 0.230 e. The number of aromatic nitrogens is 3. The van der Waals surface area contributed by atoms with Gasteiger partial charge in [0, 0.05) is 65.8 Å². The Morgan fingerprint density at radius 1 is 0.708 bits per heavy atom. The number of piperidine rings is 2. The number of morpholine rings is 1. The van der Waals surface area contributed by atoms with Gasteiger partial charge in [0.25, 0.3) is 0 Å². The van der Waals surface area contributed by atoms with Crippen LogP contribution in [-0.2, 0) is 4.74 Å². The average Bonchev–Trinajstić information content (AvgIpc) is 2.98. The van der Waals surface area contributed by atoms with Gasteiger partial charge in [-0.05, 0) is 120 Å². The topological polar surface area (TPSA) is 81.7 Å². The number of unbranched alkanes of at least 4 members (excludes halogenated alkanes) is 3. The monoisotopic (exact) mass is 671 g/mol. The van der Waals surface area contributed by atoms with Crippen LogP contribution in [0.2, 0.25) is 0 Å². The molecule has 4 heterocycles. The van der Waals surface area contributed by atoms with Crippen molar-refractivity contribution in [3.8, 4) is 0 Å². The summed E-state index contributed by atoms with van der Waals surface area (Å²) < 4.78 is 5.67. The number of hydrogen-bond donors (Lipinski definition) is 2. The molecule has 0 saturated carbocycles. The standard InChI is InChI=1S/C39H74N8O/c1-13-29(3)33-40-34(45-21-23-48-24-22-45)42-35(41-33)47(32-27-38(9,10)44-39(11,12)28-32)20-18-16-15-17-19-46(30(4)14-2)31-25-36(5,6)43-37(7,8)26-31/h29-32,43-44H,13-28H2,1-12H3. The van der Waals surface area contributed by atoms with Crippen molar-refractivity contribution in [2.75, 3.05) is 49.2 Å². The van der Waals surface area contributed by atoms with Gasteiger partial charge in [0.2, 0.25) is 11.9 Å². The van der Waals surface area contributed by atoms with Crippen molar-refractivity contribution >= 4 is 11.9 Å². The lowest BCUT2D eigenvalue weighted by molar-refractivity contribution is 0.0410. The highest BCUT2D eigenvalue weighted by Crippen LogP contribution is 2.35. The van der Waals surface area contributed by atoms with Gasteiger partial charge in [0.1, 0.15) is 5.82 Å². The van der Waals surface area contributed by atoms with Crippen LogP contribution in [0.15, 0.2) is 0 Å². The van der Waals surface area contributed by atoms with Gasteiger partial charge in [-0.15, -0.1) is 0 Å². The predicted octanol–water partition coefficient (Wildman–Crippen LogP) is 7.31. The van der Waals surface area contributed by atoms with Crippen LogP contribution in [0, 0.1) is 0 Å². The Morgan fingerprint density at radius 3 is 1.75 bits per heavy atom. The first-order valence-electron chi connectivity index (χ1n) is 19.6. The first-order chi connectivity index (χ1) is 22.4. The van der Waals surface area contributed by atoms with E-state index in [0.717, 1.165) is 76.3 Å². The molecule has 3 fully saturated rings. The minimum Gasteiger partial charge on any atom is -0.378 e. The minimum atomic E-state index is 0.0431. The molecule has 9 nitrogen and oxygen atoms in total. The van der Waals surface area contributed by atoms with Gasteiger partial charge < -0.3 is 25.2 Å². The summed E-state index contributed by atoms with van der Waals surface area (Å²) in [6.45, 7) is 33.5. The van der Waals surface area contributed by atoms with Gasteiger partial charge >= 0.3 is 0 Å². The summed E-state index contributed by atoms with van der Waals surface area (Å²) >= 11 is 0. The Kier molecular flexibility index (Phi) is 13.2. The second-order valence-electron chi connectivity index (χ2n) is 18.2. The number of nitrogens with zero attached hydrogens (tertiary/aromatic N) is 6. The van der Waals surface area contributed by atoms with Crippen molar-refractivity contribution in [3.63, 3.8) is 0 Å². The Labute approximate surface area is 295 Å². The number of hydrogen-bond acceptors (Lipinski definition) is 9. The van der Waals surface area contributed by atoms with Gasteiger partial charge in [-0.2, -0.15) is 15.0 Å². The van der Waals surface area contributed by atoms with Crippen LogP contribution in [0.3, 0.4) is 0 Å². The number of anilines is 2. The summed E-state index contributed by atoms with van der Waals surface area (Å²) in [7, 11) is 0. The van der Waals surface area contributed by atoms with Gasteiger partial charge in [-0.25, -0.2) is 0 Å². The molecular formula is C39H74N8O. The second kappa shape index (κ2) is 16.2. The number of rotatable bonds is 15. The quantitative estimate of drug-likeness (QED) is 0.187. The molecule has 0 aliphatic carbocycles. The van der Waals surface area contributed by atoms with E-state index in [4.69, 9.17) is 19.7 Å². The zero-order valence-electron chi connectivity index (χ0n) is 33.2. The van der Waals surface area contributed by atoms with Gasteiger partial charge in [0.15, 0.2) is 0 Å². The van der Waals surface area contributed by atoms with Crippen LogP contribution in [0.5, 0.6) is 0 Å². The fourth-order valence-electron chi connectivity index (χ4n) is 9.17. The molecule has 3 aliphatic heterocycles. The van der Waals surface area contributed by atoms with E-state index in [2.05, 4.69) is 108 Å². The summed E-state index contributed by atoms with van der Waals surface area (Å²) in [6.07, 6.45) is 11.7. The summed E-state index contributed by atoms with van der Waals surface area (Å²) in [5.74, 6) is 2.92. The normalized spacial score (nSPS) is 24.1. The van der Waals surface area contributed by atoms with Crippen LogP contribution < -0.4 is 20.4 Å². The van der Waals surface area contributed by atoms with E-state index in [9.17, 15) is 0 Å². The number of ether oxygens (including phenoxy) is 1. The van der Waals surface area contributed by atoms with E-state index in [-0.39, 0.29) is 22.2 Å². The summed E-state index contributed by atoms with van der Waals surface area (Å²) in [5, 5.41) is 7.80. The molecule has 0 aromatic carbocycles. The summed E-state index contributed by atoms with van der Waals surface area (Å²) in [6, 6.07) is 1.62. The first-order valence-corrected chi connectivity index (χ1v) is 19.6.